The highest BCUT2D eigenvalue weighted by Gasteiger charge is 2.13. The Hall–Kier alpha value is -3.04. The van der Waals surface area contributed by atoms with Gasteiger partial charge in [-0.15, -0.1) is 6.58 Å². The molecule has 36 heavy (non-hydrogen) atoms. The summed E-state index contributed by atoms with van der Waals surface area (Å²) in [5.41, 5.74) is 4.52. The average molecular weight is 489 g/mol. The molecule has 3 heteroatoms. The molecule has 3 aromatic rings. The van der Waals surface area contributed by atoms with Crippen LogP contribution in [-0.2, 0) is 11.2 Å². The Morgan fingerprint density at radius 3 is 2.17 bits per heavy atom. The molecule has 0 bridgehead atoms. The molecule has 0 spiro atoms. The quantitative estimate of drug-likeness (QED) is 0.162. The lowest BCUT2D eigenvalue weighted by atomic mass is 9.98. The van der Waals surface area contributed by atoms with Gasteiger partial charge < -0.3 is 4.74 Å². The lowest BCUT2D eigenvalue weighted by Gasteiger charge is -2.12. The zero-order valence-corrected chi connectivity index (χ0v) is 21.6. The van der Waals surface area contributed by atoms with Gasteiger partial charge in [0.2, 0.25) is 0 Å². The summed E-state index contributed by atoms with van der Waals surface area (Å²) >= 11 is 0. The van der Waals surface area contributed by atoms with E-state index in [4.69, 9.17) is 4.74 Å². The molecule has 0 aliphatic rings. The van der Waals surface area contributed by atoms with Crippen molar-refractivity contribution >= 4 is 6.08 Å². The van der Waals surface area contributed by atoms with E-state index < -0.39 is 11.6 Å². The monoisotopic (exact) mass is 488 g/mol. The van der Waals surface area contributed by atoms with Crippen LogP contribution in [0.1, 0.15) is 63.5 Å². The van der Waals surface area contributed by atoms with Gasteiger partial charge in [-0.25, -0.2) is 8.78 Å². The van der Waals surface area contributed by atoms with Gasteiger partial charge in [0.05, 0.1) is 6.10 Å². The van der Waals surface area contributed by atoms with Crippen molar-refractivity contribution in [1.29, 1.82) is 0 Å². The first-order valence-electron chi connectivity index (χ1n) is 13.1. The highest BCUT2D eigenvalue weighted by molar-refractivity contribution is 5.72. The smallest absolute Gasteiger partial charge is 0.167 e. The summed E-state index contributed by atoms with van der Waals surface area (Å²) in [5, 5.41) is 0. The third-order valence-corrected chi connectivity index (χ3v) is 6.40. The van der Waals surface area contributed by atoms with Gasteiger partial charge in [0, 0.05) is 17.7 Å². The maximum atomic E-state index is 14.9. The fraction of sp³-hybridized carbons (Fsp3) is 0.333. The largest absolute Gasteiger partial charge is 0.379 e. The van der Waals surface area contributed by atoms with Gasteiger partial charge in [-0.2, -0.15) is 0 Å². The van der Waals surface area contributed by atoms with E-state index in [1.165, 1.54) is 18.4 Å². The molecule has 0 radical (unpaired) electrons. The van der Waals surface area contributed by atoms with Gasteiger partial charge in [0.15, 0.2) is 11.6 Å². The van der Waals surface area contributed by atoms with Crippen molar-refractivity contribution in [2.45, 2.75) is 64.9 Å². The molecule has 0 saturated heterocycles. The molecule has 1 atom stereocenters. The Labute approximate surface area is 215 Å². The van der Waals surface area contributed by atoms with Crippen molar-refractivity contribution in [1.82, 2.24) is 0 Å². The highest BCUT2D eigenvalue weighted by Crippen LogP contribution is 2.29. The third kappa shape index (κ3) is 7.99. The molecule has 190 valence electrons. The number of hydrogen-bond donors (Lipinski definition) is 0. The SMILES string of the molecule is C=CCc1ccc(-c2ccc(-c3ccc(C=CCCCC(C)OCCCCC)c(F)c3F)cc2)cc1. The molecule has 3 rings (SSSR count). The number of ether oxygens (including phenoxy) is 1. The summed E-state index contributed by atoms with van der Waals surface area (Å²) in [6, 6.07) is 19.2. The summed E-state index contributed by atoms with van der Waals surface area (Å²) in [7, 11) is 0. The molecule has 0 N–H and O–H groups in total. The lowest BCUT2D eigenvalue weighted by molar-refractivity contribution is 0.0566. The molecule has 0 amide bonds. The van der Waals surface area contributed by atoms with Crippen molar-refractivity contribution in [3.8, 4) is 22.3 Å². The van der Waals surface area contributed by atoms with Crippen molar-refractivity contribution in [2.24, 2.45) is 0 Å². The van der Waals surface area contributed by atoms with E-state index in [2.05, 4.69) is 44.7 Å². The fourth-order valence-electron chi connectivity index (χ4n) is 4.21. The molecule has 0 fully saturated rings. The Kier molecular flexibility index (Phi) is 11.1. The van der Waals surface area contributed by atoms with Crippen LogP contribution in [-0.4, -0.2) is 12.7 Å². The first-order valence-corrected chi connectivity index (χ1v) is 13.1. The Morgan fingerprint density at radius 1 is 0.833 bits per heavy atom. The van der Waals surface area contributed by atoms with Gasteiger partial charge in [-0.3, -0.25) is 0 Å². The zero-order chi connectivity index (χ0) is 25.8. The van der Waals surface area contributed by atoms with Crippen LogP contribution in [0.2, 0.25) is 0 Å². The first kappa shape index (κ1) is 27.5. The van der Waals surface area contributed by atoms with Crippen molar-refractivity contribution < 1.29 is 13.5 Å². The minimum absolute atomic E-state index is 0.228. The van der Waals surface area contributed by atoms with E-state index in [0.29, 0.717) is 5.56 Å². The molecule has 0 aromatic heterocycles. The number of hydrogen-bond acceptors (Lipinski definition) is 1. The molecule has 0 saturated carbocycles. The predicted octanol–water partition coefficient (Wildman–Crippen LogP) is 9.81. The molecule has 0 aliphatic carbocycles. The second-order valence-corrected chi connectivity index (χ2v) is 9.32. The first-order chi connectivity index (χ1) is 17.5. The number of halogens is 2. The van der Waals surface area contributed by atoms with Crippen LogP contribution >= 0.6 is 0 Å². The Morgan fingerprint density at radius 2 is 1.50 bits per heavy atom. The van der Waals surface area contributed by atoms with Crippen molar-refractivity contribution in [3.63, 3.8) is 0 Å². The average Bonchev–Trinajstić information content (AvgIpc) is 2.90. The van der Waals surface area contributed by atoms with Crippen LogP contribution < -0.4 is 0 Å². The van der Waals surface area contributed by atoms with Crippen LogP contribution in [0.25, 0.3) is 28.3 Å². The number of allylic oxidation sites excluding steroid dienone is 2. The summed E-state index contributed by atoms with van der Waals surface area (Å²) < 4.78 is 35.5. The Bertz CT molecular complexity index is 1110. The van der Waals surface area contributed by atoms with E-state index in [1.807, 2.05) is 36.4 Å². The van der Waals surface area contributed by atoms with Crippen molar-refractivity contribution in [3.05, 3.63) is 102 Å². The van der Waals surface area contributed by atoms with E-state index in [0.717, 1.165) is 49.8 Å². The summed E-state index contributed by atoms with van der Waals surface area (Å²) in [4.78, 5) is 0. The van der Waals surface area contributed by atoms with E-state index in [1.54, 1.807) is 18.2 Å². The van der Waals surface area contributed by atoms with Crippen LogP contribution in [0.3, 0.4) is 0 Å². The van der Waals surface area contributed by atoms with E-state index in [9.17, 15) is 8.78 Å². The third-order valence-electron chi connectivity index (χ3n) is 6.40. The Balaban J connectivity index is 1.57. The van der Waals surface area contributed by atoms with Crippen molar-refractivity contribution in [2.75, 3.05) is 6.61 Å². The molecular weight excluding hydrogens is 450 g/mol. The molecule has 0 aliphatic heterocycles. The number of benzene rings is 3. The topological polar surface area (TPSA) is 9.23 Å². The van der Waals surface area contributed by atoms with Crippen LogP contribution in [0.5, 0.6) is 0 Å². The predicted molar refractivity (Wildman–Crippen MR) is 149 cm³/mol. The normalized spacial score (nSPS) is 12.2. The minimum atomic E-state index is -0.812. The maximum Gasteiger partial charge on any atom is 0.167 e. The number of rotatable bonds is 14. The summed E-state index contributed by atoms with van der Waals surface area (Å²) in [6.07, 6.45) is 12.8. The molecule has 1 unspecified atom stereocenters. The molecule has 0 heterocycles. The standard InChI is InChI=1S/C33H38F2O/c1-4-6-10-24-36-25(3)12-8-7-9-13-30-22-23-31(33(35)32(30)34)29-20-18-28(19-21-29)27-16-14-26(11-5-2)15-17-27/h5,9,13-23,25H,2,4,6-8,10-12,24H2,1,3H3. The van der Waals surface area contributed by atoms with Gasteiger partial charge >= 0.3 is 0 Å². The molecular formula is C33H38F2O. The summed E-state index contributed by atoms with van der Waals surface area (Å²) in [6.45, 7) is 8.86. The van der Waals surface area contributed by atoms with Crippen LogP contribution in [0.15, 0.2) is 79.4 Å². The zero-order valence-electron chi connectivity index (χ0n) is 21.6. The van der Waals surface area contributed by atoms with Crippen LogP contribution in [0, 0.1) is 11.6 Å². The minimum Gasteiger partial charge on any atom is -0.379 e. The van der Waals surface area contributed by atoms with E-state index >= 15 is 0 Å². The van der Waals surface area contributed by atoms with Gasteiger partial charge in [-0.1, -0.05) is 98.7 Å². The second kappa shape index (κ2) is 14.5. The van der Waals surface area contributed by atoms with Crippen LogP contribution in [0.4, 0.5) is 8.78 Å². The second-order valence-electron chi connectivity index (χ2n) is 9.32. The van der Waals surface area contributed by atoms with Gasteiger partial charge in [0.25, 0.3) is 0 Å². The summed E-state index contributed by atoms with van der Waals surface area (Å²) in [5.74, 6) is -1.62. The number of unbranched alkanes of at least 4 members (excludes halogenated alkanes) is 3. The lowest BCUT2D eigenvalue weighted by Crippen LogP contribution is -2.08. The van der Waals surface area contributed by atoms with Gasteiger partial charge in [0.1, 0.15) is 0 Å². The van der Waals surface area contributed by atoms with E-state index in [-0.39, 0.29) is 17.2 Å². The van der Waals surface area contributed by atoms with Gasteiger partial charge in [-0.05, 0) is 61.3 Å². The molecule has 3 aromatic carbocycles. The highest BCUT2D eigenvalue weighted by atomic mass is 19.2. The maximum absolute atomic E-state index is 14.9. The molecule has 1 nitrogen and oxygen atoms in total. The fourth-order valence-corrected chi connectivity index (χ4v) is 4.21.